The smallest absolute Gasteiger partial charge is 0.306 e. The van der Waals surface area contributed by atoms with E-state index in [1.54, 1.807) is 0 Å². The molecule has 262 valence electrons. The van der Waals surface area contributed by atoms with Crippen molar-refractivity contribution >= 4 is 17.5 Å². The fourth-order valence-electron chi connectivity index (χ4n) is 5.82. The van der Waals surface area contributed by atoms with Crippen molar-refractivity contribution in [1.29, 1.82) is 0 Å². The Bertz CT molecular complexity index is 1220. The van der Waals surface area contributed by atoms with E-state index in [-0.39, 0.29) is 54.6 Å². The Labute approximate surface area is 281 Å². The number of ketones is 2. The first-order chi connectivity index (χ1) is 22.4. The van der Waals surface area contributed by atoms with Crippen molar-refractivity contribution in [2.45, 2.75) is 148 Å². The van der Waals surface area contributed by atoms with E-state index >= 15 is 0 Å². The number of benzene rings is 2. The average molecular weight is 657 g/mol. The van der Waals surface area contributed by atoms with Crippen molar-refractivity contribution in [3.05, 3.63) is 71.3 Å². The Hall–Kier alpha value is -2.97. The van der Waals surface area contributed by atoms with Crippen LogP contribution in [0.5, 0.6) is 0 Å². The van der Waals surface area contributed by atoms with Crippen LogP contribution in [0, 0.1) is 17.0 Å². The lowest BCUT2D eigenvalue weighted by molar-refractivity contribution is -0.156. The molecule has 0 saturated carbocycles. The number of rotatable bonds is 25. The number of unbranched alkanes of at least 4 members (excludes halogenated alkanes) is 8. The molecule has 2 aromatic carbocycles. The molecule has 2 rings (SSSR count). The normalized spacial score (nSPS) is 13.6. The number of halogens is 2. The molecule has 0 fully saturated rings. The average Bonchev–Trinajstić information content (AvgIpc) is 3.03. The van der Waals surface area contributed by atoms with Gasteiger partial charge in [-0.3, -0.25) is 14.4 Å². The molecule has 2 aromatic rings. The van der Waals surface area contributed by atoms with Crippen molar-refractivity contribution < 1.29 is 27.9 Å². The standard InChI is InChI=1S/C39H58F2N2O4/c1-4-5-6-7-8-9-10-11-15-18-37(46)47-38(35(43)25-29-16-13-12-14-17-29)36(45)22-24-39(2,3)23-21-33(44)28-32(42)27-30-26-31(40)19-20-34(30)41/h12-14,16-17,19-20,26,32,35,38H,4-11,15,18,21-25,27-28,42-43H2,1-3H3. The van der Waals surface area contributed by atoms with Crippen LogP contribution >= 0.6 is 0 Å². The van der Waals surface area contributed by atoms with Crippen LogP contribution in [0.25, 0.3) is 0 Å². The zero-order valence-electron chi connectivity index (χ0n) is 28.9. The van der Waals surface area contributed by atoms with Crippen LogP contribution in [0.2, 0.25) is 0 Å². The van der Waals surface area contributed by atoms with Crippen LogP contribution in [-0.4, -0.2) is 35.7 Å². The van der Waals surface area contributed by atoms with E-state index in [1.807, 2.05) is 44.2 Å². The molecule has 0 spiro atoms. The second-order valence-electron chi connectivity index (χ2n) is 13.9. The molecule has 3 atom stereocenters. The van der Waals surface area contributed by atoms with Gasteiger partial charge in [-0.1, -0.05) is 102 Å². The summed E-state index contributed by atoms with van der Waals surface area (Å²) in [5.41, 5.74) is 13.4. The lowest BCUT2D eigenvalue weighted by atomic mass is 9.80. The van der Waals surface area contributed by atoms with Gasteiger partial charge in [0.15, 0.2) is 11.9 Å². The van der Waals surface area contributed by atoms with Crippen LogP contribution in [0.1, 0.15) is 128 Å². The van der Waals surface area contributed by atoms with Gasteiger partial charge < -0.3 is 16.2 Å². The third kappa shape index (κ3) is 17.1. The van der Waals surface area contributed by atoms with Gasteiger partial charge in [0.1, 0.15) is 17.4 Å². The summed E-state index contributed by atoms with van der Waals surface area (Å²) in [4.78, 5) is 39.0. The van der Waals surface area contributed by atoms with E-state index in [9.17, 15) is 23.2 Å². The van der Waals surface area contributed by atoms with Gasteiger partial charge in [-0.25, -0.2) is 8.78 Å². The van der Waals surface area contributed by atoms with E-state index in [0.29, 0.717) is 19.3 Å². The largest absolute Gasteiger partial charge is 0.453 e. The molecule has 0 amide bonds. The van der Waals surface area contributed by atoms with Crippen LogP contribution in [0.3, 0.4) is 0 Å². The molecule has 4 N–H and O–H groups in total. The number of Topliss-reactive ketones (excluding diaryl/α,β-unsaturated/α-hetero) is 2. The number of carbonyl (C=O) groups excluding carboxylic acids is 3. The van der Waals surface area contributed by atoms with Crippen LogP contribution in [0.4, 0.5) is 8.78 Å². The minimum atomic E-state index is -1.04. The molecule has 0 aromatic heterocycles. The summed E-state index contributed by atoms with van der Waals surface area (Å²) in [6.45, 7) is 6.19. The minimum Gasteiger partial charge on any atom is -0.453 e. The summed E-state index contributed by atoms with van der Waals surface area (Å²) in [5.74, 6) is -1.77. The van der Waals surface area contributed by atoms with Gasteiger partial charge in [0.25, 0.3) is 0 Å². The van der Waals surface area contributed by atoms with Gasteiger partial charge in [0.2, 0.25) is 0 Å². The molecule has 8 heteroatoms. The van der Waals surface area contributed by atoms with E-state index in [0.717, 1.165) is 43.0 Å². The van der Waals surface area contributed by atoms with Crippen molar-refractivity contribution in [2.24, 2.45) is 16.9 Å². The van der Waals surface area contributed by atoms with Gasteiger partial charge in [-0.15, -0.1) is 0 Å². The van der Waals surface area contributed by atoms with Crippen molar-refractivity contribution in [3.8, 4) is 0 Å². The Morgan fingerprint density at radius 1 is 0.787 bits per heavy atom. The third-order valence-corrected chi connectivity index (χ3v) is 8.87. The van der Waals surface area contributed by atoms with Gasteiger partial charge in [-0.2, -0.15) is 0 Å². The van der Waals surface area contributed by atoms with E-state index in [2.05, 4.69) is 6.92 Å². The maximum absolute atomic E-state index is 14.0. The number of hydrogen-bond donors (Lipinski definition) is 2. The first-order valence-electron chi connectivity index (χ1n) is 17.6. The molecule has 47 heavy (non-hydrogen) atoms. The summed E-state index contributed by atoms with van der Waals surface area (Å²) in [6.07, 6.45) is 11.4. The molecular weight excluding hydrogens is 598 g/mol. The Morgan fingerprint density at radius 2 is 1.40 bits per heavy atom. The molecule has 6 nitrogen and oxygen atoms in total. The SMILES string of the molecule is CCCCCCCCCCCC(=O)OC(C(=O)CCC(C)(C)CCC(=O)CC(N)Cc1cc(F)ccc1F)C(N)Cc1ccccc1. The fraction of sp³-hybridized carbons (Fsp3) is 0.615. The quantitative estimate of drug-likeness (QED) is 0.0821. The maximum Gasteiger partial charge on any atom is 0.306 e. The Balaban J connectivity index is 1.86. The lowest BCUT2D eigenvalue weighted by Gasteiger charge is -2.27. The molecule has 0 saturated heterocycles. The Kier molecular flexibility index (Phi) is 18.7. The molecule has 0 aliphatic carbocycles. The number of esters is 1. The predicted octanol–water partition coefficient (Wildman–Crippen LogP) is 8.35. The highest BCUT2D eigenvalue weighted by atomic mass is 19.1. The molecule has 0 heterocycles. The summed E-state index contributed by atoms with van der Waals surface area (Å²) >= 11 is 0. The van der Waals surface area contributed by atoms with Crippen LogP contribution in [0.15, 0.2) is 48.5 Å². The highest BCUT2D eigenvalue weighted by Crippen LogP contribution is 2.30. The summed E-state index contributed by atoms with van der Waals surface area (Å²) in [6, 6.07) is 11.5. The number of nitrogens with two attached hydrogens (primary N) is 2. The summed E-state index contributed by atoms with van der Waals surface area (Å²) in [5, 5.41) is 0. The highest BCUT2D eigenvalue weighted by Gasteiger charge is 2.31. The van der Waals surface area contributed by atoms with Gasteiger partial charge in [0.05, 0.1) is 6.04 Å². The molecule has 3 unspecified atom stereocenters. The van der Waals surface area contributed by atoms with Gasteiger partial charge >= 0.3 is 5.97 Å². The maximum atomic E-state index is 14.0. The first-order valence-corrected chi connectivity index (χ1v) is 17.6. The Morgan fingerprint density at radius 3 is 2.06 bits per heavy atom. The molecule has 0 aliphatic heterocycles. The topological polar surface area (TPSA) is 112 Å². The second-order valence-corrected chi connectivity index (χ2v) is 13.9. The predicted molar refractivity (Wildman–Crippen MR) is 185 cm³/mol. The van der Waals surface area contributed by atoms with Crippen molar-refractivity contribution in [1.82, 2.24) is 0 Å². The van der Waals surface area contributed by atoms with Gasteiger partial charge in [-0.05, 0) is 66.8 Å². The van der Waals surface area contributed by atoms with E-state index < -0.39 is 35.8 Å². The first kappa shape index (κ1) is 40.2. The highest BCUT2D eigenvalue weighted by molar-refractivity contribution is 5.86. The van der Waals surface area contributed by atoms with Crippen molar-refractivity contribution in [2.75, 3.05) is 0 Å². The zero-order valence-corrected chi connectivity index (χ0v) is 28.9. The van der Waals surface area contributed by atoms with Gasteiger partial charge in [0, 0.05) is 31.7 Å². The van der Waals surface area contributed by atoms with Crippen LogP contribution in [-0.2, 0) is 32.0 Å². The summed E-state index contributed by atoms with van der Waals surface area (Å²) in [7, 11) is 0. The lowest BCUT2D eigenvalue weighted by Crippen LogP contribution is -2.45. The second kappa shape index (κ2) is 21.8. The molecule has 0 radical (unpaired) electrons. The monoisotopic (exact) mass is 656 g/mol. The fourth-order valence-corrected chi connectivity index (χ4v) is 5.82. The number of hydrogen-bond acceptors (Lipinski definition) is 6. The van der Waals surface area contributed by atoms with Crippen molar-refractivity contribution in [3.63, 3.8) is 0 Å². The molecule has 0 bridgehead atoms. The summed E-state index contributed by atoms with van der Waals surface area (Å²) < 4.78 is 33.2. The molecular formula is C39H58F2N2O4. The minimum absolute atomic E-state index is 0.0519. The molecule has 0 aliphatic rings. The van der Waals surface area contributed by atoms with Crippen LogP contribution < -0.4 is 11.5 Å². The zero-order chi connectivity index (χ0) is 34.7. The number of carbonyl (C=O) groups is 3. The van der Waals surface area contributed by atoms with E-state index in [4.69, 9.17) is 16.2 Å². The number of ether oxygens (including phenoxy) is 1. The third-order valence-electron chi connectivity index (χ3n) is 8.87. The van der Waals surface area contributed by atoms with E-state index in [1.165, 1.54) is 38.5 Å².